The molecular formula is C18H18N4O2S2. The van der Waals surface area contributed by atoms with E-state index in [0.717, 1.165) is 5.56 Å². The van der Waals surface area contributed by atoms with E-state index in [-0.39, 0.29) is 24.2 Å². The van der Waals surface area contributed by atoms with Gasteiger partial charge in [0.15, 0.2) is 10.3 Å². The molecule has 0 aliphatic rings. The Morgan fingerprint density at radius 2 is 1.62 bits per heavy atom. The summed E-state index contributed by atoms with van der Waals surface area (Å²) in [6.07, 6.45) is 3.32. The maximum Gasteiger partial charge on any atom is 0.230 e. The zero-order chi connectivity index (χ0) is 18.4. The van der Waals surface area contributed by atoms with E-state index in [9.17, 15) is 9.59 Å². The second-order valence-electron chi connectivity index (χ2n) is 5.72. The molecule has 2 aromatic heterocycles. The lowest BCUT2D eigenvalue weighted by molar-refractivity contribution is -0.125. The molecule has 6 nitrogen and oxygen atoms in total. The molecule has 3 rings (SSSR count). The summed E-state index contributed by atoms with van der Waals surface area (Å²) in [4.78, 5) is 33.4. The number of benzene rings is 1. The van der Waals surface area contributed by atoms with E-state index >= 15 is 0 Å². The molecule has 2 N–H and O–H groups in total. The number of thiazole rings is 2. The first-order chi connectivity index (χ1) is 12.6. The van der Waals surface area contributed by atoms with E-state index in [1.165, 1.54) is 22.7 Å². The van der Waals surface area contributed by atoms with Gasteiger partial charge in [0.05, 0.1) is 5.92 Å². The largest absolute Gasteiger partial charge is 0.302 e. The minimum absolute atomic E-state index is 0.0624. The number of hydrogen-bond donors (Lipinski definition) is 2. The Morgan fingerprint density at radius 3 is 2.19 bits per heavy atom. The van der Waals surface area contributed by atoms with Crippen molar-refractivity contribution in [2.75, 3.05) is 10.6 Å². The summed E-state index contributed by atoms with van der Waals surface area (Å²) in [5.41, 5.74) is 1.01. The molecule has 0 unspecified atom stereocenters. The van der Waals surface area contributed by atoms with Gasteiger partial charge in [0.1, 0.15) is 0 Å². The zero-order valence-electron chi connectivity index (χ0n) is 14.1. The van der Waals surface area contributed by atoms with E-state index in [2.05, 4.69) is 20.6 Å². The summed E-state index contributed by atoms with van der Waals surface area (Å²) >= 11 is 2.69. The molecule has 2 heterocycles. The lowest BCUT2D eigenvalue weighted by Crippen LogP contribution is -2.31. The number of carbonyl (C=O) groups is 2. The maximum absolute atomic E-state index is 12.8. The molecule has 0 fully saturated rings. The predicted molar refractivity (Wildman–Crippen MR) is 104 cm³/mol. The van der Waals surface area contributed by atoms with E-state index < -0.39 is 5.92 Å². The maximum atomic E-state index is 12.8. The van der Waals surface area contributed by atoms with Crippen LogP contribution in [0.1, 0.15) is 24.8 Å². The van der Waals surface area contributed by atoms with E-state index in [1.54, 1.807) is 23.2 Å². The fourth-order valence-corrected chi connectivity index (χ4v) is 3.70. The van der Waals surface area contributed by atoms with Gasteiger partial charge in [0.25, 0.3) is 0 Å². The first-order valence-electron chi connectivity index (χ1n) is 8.08. The van der Waals surface area contributed by atoms with Crippen LogP contribution in [0.4, 0.5) is 10.3 Å². The Bertz CT molecular complexity index is 835. The van der Waals surface area contributed by atoms with Gasteiger partial charge in [0, 0.05) is 29.6 Å². The summed E-state index contributed by atoms with van der Waals surface area (Å²) in [5, 5.41) is 10.2. The van der Waals surface area contributed by atoms with Gasteiger partial charge in [-0.05, 0) is 11.5 Å². The van der Waals surface area contributed by atoms with Crippen LogP contribution in [0, 0.1) is 5.92 Å². The molecule has 2 amide bonds. The lowest BCUT2D eigenvalue weighted by Gasteiger charge is -2.22. The summed E-state index contributed by atoms with van der Waals surface area (Å²) in [6, 6.07) is 9.71. The smallest absolute Gasteiger partial charge is 0.230 e. The van der Waals surface area contributed by atoms with Crippen molar-refractivity contribution in [1.82, 2.24) is 9.97 Å². The number of amides is 2. The first kappa shape index (κ1) is 18.2. The average Bonchev–Trinajstić information content (AvgIpc) is 3.34. The molecule has 0 saturated heterocycles. The second-order valence-corrected chi connectivity index (χ2v) is 7.51. The van der Waals surface area contributed by atoms with Crippen LogP contribution in [0.5, 0.6) is 0 Å². The molecule has 8 heteroatoms. The van der Waals surface area contributed by atoms with Crippen LogP contribution in [0.3, 0.4) is 0 Å². The van der Waals surface area contributed by atoms with Crippen molar-refractivity contribution in [3.8, 4) is 0 Å². The molecule has 0 radical (unpaired) electrons. The van der Waals surface area contributed by atoms with Crippen LogP contribution in [-0.4, -0.2) is 21.8 Å². The Balaban J connectivity index is 1.76. The van der Waals surface area contributed by atoms with Crippen LogP contribution in [0.15, 0.2) is 53.5 Å². The van der Waals surface area contributed by atoms with E-state index in [4.69, 9.17) is 0 Å². The van der Waals surface area contributed by atoms with Crippen molar-refractivity contribution in [2.45, 2.75) is 19.3 Å². The molecule has 1 aromatic carbocycles. The molecule has 0 bridgehead atoms. The fraction of sp³-hybridized carbons (Fsp3) is 0.222. The van der Waals surface area contributed by atoms with Gasteiger partial charge in [-0.15, -0.1) is 22.7 Å². The van der Waals surface area contributed by atoms with Gasteiger partial charge in [-0.1, -0.05) is 37.3 Å². The topological polar surface area (TPSA) is 84.0 Å². The molecule has 0 saturated carbocycles. The number of aromatic nitrogens is 2. The summed E-state index contributed by atoms with van der Waals surface area (Å²) < 4.78 is 0. The number of rotatable bonds is 7. The van der Waals surface area contributed by atoms with Crippen LogP contribution in [-0.2, 0) is 9.59 Å². The molecule has 2 atom stereocenters. The Morgan fingerprint density at radius 1 is 1.00 bits per heavy atom. The van der Waals surface area contributed by atoms with Crippen LogP contribution < -0.4 is 10.6 Å². The molecular weight excluding hydrogens is 368 g/mol. The van der Waals surface area contributed by atoms with Gasteiger partial charge < -0.3 is 10.6 Å². The highest BCUT2D eigenvalue weighted by molar-refractivity contribution is 7.14. The van der Waals surface area contributed by atoms with Crippen molar-refractivity contribution in [3.05, 3.63) is 59.0 Å². The number of carbonyl (C=O) groups excluding carboxylic acids is 2. The highest BCUT2D eigenvalue weighted by atomic mass is 32.1. The minimum Gasteiger partial charge on any atom is -0.302 e. The van der Waals surface area contributed by atoms with Crippen molar-refractivity contribution in [3.63, 3.8) is 0 Å². The Hall–Kier alpha value is -2.58. The minimum atomic E-state index is -0.527. The van der Waals surface area contributed by atoms with Crippen LogP contribution in [0.2, 0.25) is 0 Å². The van der Waals surface area contributed by atoms with Crippen LogP contribution >= 0.6 is 22.7 Å². The third-order valence-electron chi connectivity index (χ3n) is 4.01. The standard InChI is InChI=1S/C18H18N4O2S2/c1-12(13-5-3-2-4-6-13)14(16(24)22-18-20-8-10-26-18)11-15(23)21-17-19-7-9-25-17/h2-10,12,14H,11H2,1H3,(H,19,21,23)(H,20,22,24)/t12-,14+/m0/s1. The van der Waals surface area contributed by atoms with Gasteiger partial charge in [-0.25, -0.2) is 9.97 Å². The molecule has 0 spiro atoms. The summed E-state index contributed by atoms with van der Waals surface area (Å²) in [6.45, 7) is 1.96. The van der Waals surface area contributed by atoms with Gasteiger partial charge in [-0.2, -0.15) is 0 Å². The fourth-order valence-electron chi connectivity index (χ4n) is 2.62. The predicted octanol–water partition coefficient (Wildman–Crippen LogP) is 3.99. The zero-order valence-corrected chi connectivity index (χ0v) is 15.7. The SMILES string of the molecule is C[C@@H](c1ccccc1)[C@@H](CC(=O)Nc1nccs1)C(=O)Nc1nccs1. The van der Waals surface area contributed by atoms with Crippen molar-refractivity contribution >= 4 is 44.8 Å². The van der Waals surface area contributed by atoms with Gasteiger partial charge in [-0.3, -0.25) is 9.59 Å². The highest BCUT2D eigenvalue weighted by Gasteiger charge is 2.29. The number of hydrogen-bond acceptors (Lipinski definition) is 6. The molecule has 0 aliphatic carbocycles. The Labute approximate surface area is 159 Å². The monoisotopic (exact) mass is 386 g/mol. The summed E-state index contributed by atoms with van der Waals surface area (Å²) in [7, 11) is 0. The first-order valence-corrected chi connectivity index (χ1v) is 9.84. The highest BCUT2D eigenvalue weighted by Crippen LogP contribution is 2.29. The third kappa shape index (κ3) is 4.74. The summed E-state index contributed by atoms with van der Waals surface area (Å²) in [5.74, 6) is -1.10. The third-order valence-corrected chi connectivity index (χ3v) is 5.39. The second kappa shape index (κ2) is 8.68. The number of anilines is 2. The molecule has 0 aliphatic heterocycles. The van der Waals surface area contributed by atoms with Gasteiger partial charge in [0.2, 0.25) is 11.8 Å². The van der Waals surface area contributed by atoms with Crippen LogP contribution in [0.25, 0.3) is 0 Å². The lowest BCUT2D eigenvalue weighted by atomic mass is 9.84. The molecule has 26 heavy (non-hydrogen) atoms. The number of nitrogens with zero attached hydrogens (tertiary/aromatic N) is 2. The van der Waals surface area contributed by atoms with Crippen molar-refractivity contribution in [2.24, 2.45) is 5.92 Å². The molecule has 3 aromatic rings. The quantitative estimate of drug-likeness (QED) is 0.643. The normalized spacial score (nSPS) is 13.0. The van der Waals surface area contributed by atoms with Gasteiger partial charge >= 0.3 is 0 Å². The molecule has 134 valence electrons. The van der Waals surface area contributed by atoms with E-state index in [0.29, 0.717) is 10.3 Å². The van der Waals surface area contributed by atoms with Crippen molar-refractivity contribution < 1.29 is 9.59 Å². The Kier molecular flexibility index (Phi) is 6.08. The number of nitrogens with one attached hydrogen (secondary N) is 2. The van der Waals surface area contributed by atoms with E-state index in [1.807, 2.05) is 37.3 Å². The van der Waals surface area contributed by atoms with Crippen molar-refractivity contribution in [1.29, 1.82) is 0 Å². The average molecular weight is 387 g/mol.